The van der Waals surface area contributed by atoms with Crippen molar-refractivity contribution in [3.8, 4) is 0 Å². The van der Waals surface area contributed by atoms with E-state index in [0.29, 0.717) is 18.3 Å². The Morgan fingerprint density at radius 3 is 3.00 bits per heavy atom. The molecule has 0 amide bonds. The standard InChI is InChI=1S/C14H23ClN4O/c1-3-4-8-19-14(20)13(15)12(10-17-19)16-9-11-6-5-7-18(11)2/h10-11,16H,3-9H2,1-2H3. The first kappa shape index (κ1) is 15.3. The minimum absolute atomic E-state index is 0.204. The zero-order valence-corrected chi connectivity index (χ0v) is 13.0. The van der Waals surface area contributed by atoms with Gasteiger partial charge in [0, 0.05) is 19.1 Å². The van der Waals surface area contributed by atoms with Crippen molar-refractivity contribution in [1.82, 2.24) is 14.7 Å². The summed E-state index contributed by atoms with van der Waals surface area (Å²) in [6.45, 7) is 4.65. The Kier molecular flexibility index (Phi) is 5.43. The van der Waals surface area contributed by atoms with Crippen LogP contribution in [-0.4, -0.2) is 40.9 Å². The van der Waals surface area contributed by atoms with Crippen LogP contribution in [0.15, 0.2) is 11.0 Å². The first-order valence-electron chi connectivity index (χ1n) is 7.33. The number of aryl methyl sites for hydroxylation is 1. The summed E-state index contributed by atoms with van der Waals surface area (Å²) in [7, 11) is 2.13. The molecule has 1 N–H and O–H groups in total. The van der Waals surface area contributed by atoms with Crippen LogP contribution in [0.4, 0.5) is 5.69 Å². The monoisotopic (exact) mass is 298 g/mol. The van der Waals surface area contributed by atoms with E-state index in [0.717, 1.165) is 25.9 Å². The summed E-state index contributed by atoms with van der Waals surface area (Å²) in [6.07, 6.45) is 6.03. The number of halogens is 1. The third kappa shape index (κ3) is 3.52. The maximum absolute atomic E-state index is 12.1. The van der Waals surface area contributed by atoms with Crippen LogP contribution < -0.4 is 10.9 Å². The average Bonchev–Trinajstić information content (AvgIpc) is 2.85. The van der Waals surface area contributed by atoms with Gasteiger partial charge in [0.25, 0.3) is 5.56 Å². The fourth-order valence-electron chi connectivity index (χ4n) is 2.52. The number of hydrogen-bond acceptors (Lipinski definition) is 4. The number of hydrogen-bond donors (Lipinski definition) is 1. The molecule has 1 aromatic rings. The maximum Gasteiger partial charge on any atom is 0.287 e. The fourth-order valence-corrected chi connectivity index (χ4v) is 2.73. The van der Waals surface area contributed by atoms with E-state index in [4.69, 9.17) is 11.6 Å². The van der Waals surface area contributed by atoms with Gasteiger partial charge in [0.05, 0.1) is 11.9 Å². The van der Waals surface area contributed by atoms with Crippen LogP contribution in [0.2, 0.25) is 5.02 Å². The van der Waals surface area contributed by atoms with Crippen LogP contribution in [-0.2, 0) is 6.54 Å². The molecule has 20 heavy (non-hydrogen) atoms. The van der Waals surface area contributed by atoms with Gasteiger partial charge in [0.1, 0.15) is 5.02 Å². The average molecular weight is 299 g/mol. The summed E-state index contributed by atoms with van der Waals surface area (Å²) in [4.78, 5) is 14.4. The van der Waals surface area contributed by atoms with Gasteiger partial charge in [0.15, 0.2) is 0 Å². The number of anilines is 1. The van der Waals surface area contributed by atoms with Crippen LogP contribution in [0.5, 0.6) is 0 Å². The molecule has 2 rings (SSSR count). The van der Waals surface area contributed by atoms with Crippen LogP contribution >= 0.6 is 11.6 Å². The van der Waals surface area contributed by atoms with Crippen molar-refractivity contribution in [2.75, 3.05) is 25.5 Å². The lowest BCUT2D eigenvalue weighted by atomic mass is 10.2. The molecule has 2 heterocycles. The molecule has 0 aromatic carbocycles. The second-order valence-corrected chi connectivity index (χ2v) is 5.79. The first-order chi connectivity index (χ1) is 9.63. The summed E-state index contributed by atoms with van der Waals surface area (Å²) < 4.78 is 1.44. The van der Waals surface area contributed by atoms with E-state index in [9.17, 15) is 4.79 Å². The number of likely N-dealkylation sites (tertiary alicyclic amines) is 1. The van der Waals surface area contributed by atoms with Crippen molar-refractivity contribution in [2.45, 2.75) is 45.2 Å². The molecule has 1 fully saturated rings. The molecule has 0 radical (unpaired) electrons. The van der Waals surface area contributed by atoms with Crippen molar-refractivity contribution in [3.05, 3.63) is 21.6 Å². The Morgan fingerprint density at radius 2 is 2.35 bits per heavy atom. The highest BCUT2D eigenvalue weighted by Gasteiger charge is 2.21. The predicted octanol–water partition coefficient (Wildman–Crippen LogP) is 2.20. The summed E-state index contributed by atoms with van der Waals surface area (Å²) >= 11 is 6.15. The molecule has 0 aliphatic carbocycles. The molecule has 0 saturated carbocycles. The third-order valence-corrected chi connectivity index (χ3v) is 4.27. The van der Waals surface area contributed by atoms with Gasteiger partial charge in [-0.15, -0.1) is 0 Å². The quantitative estimate of drug-likeness (QED) is 0.875. The zero-order valence-electron chi connectivity index (χ0n) is 12.2. The molecule has 1 atom stereocenters. The van der Waals surface area contributed by atoms with E-state index in [1.165, 1.54) is 17.5 Å². The number of nitrogens with zero attached hydrogens (tertiary/aromatic N) is 3. The largest absolute Gasteiger partial charge is 0.381 e. The minimum Gasteiger partial charge on any atom is -0.381 e. The van der Waals surface area contributed by atoms with E-state index in [1.807, 2.05) is 0 Å². The van der Waals surface area contributed by atoms with Gasteiger partial charge in [-0.1, -0.05) is 24.9 Å². The van der Waals surface area contributed by atoms with Crippen LogP contribution in [0, 0.1) is 0 Å². The molecule has 1 aliphatic rings. The smallest absolute Gasteiger partial charge is 0.287 e. The Morgan fingerprint density at radius 1 is 1.55 bits per heavy atom. The first-order valence-corrected chi connectivity index (χ1v) is 7.71. The van der Waals surface area contributed by atoms with Gasteiger partial charge in [-0.25, -0.2) is 4.68 Å². The molecule has 6 heteroatoms. The summed E-state index contributed by atoms with van der Waals surface area (Å²) in [6, 6.07) is 0.508. The molecule has 0 bridgehead atoms. The molecule has 5 nitrogen and oxygen atoms in total. The second kappa shape index (κ2) is 7.09. The molecule has 1 saturated heterocycles. The van der Waals surface area contributed by atoms with Crippen LogP contribution in [0.3, 0.4) is 0 Å². The number of nitrogens with one attached hydrogen (secondary N) is 1. The number of aromatic nitrogens is 2. The molecular weight excluding hydrogens is 276 g/mol. The topological polar surface area (TPSA) is 50.2 Å². The lowest BCUT2D eigenvalue weighted by Gasteiger charge is -2.20. The summed E-state index contributed by atoms with van der Waals surface area (Å²) in [5.41, 5.74) is 0.439. The van der Waals surface area contributed by atoms with Gasteiger partial charge >= 0.3 is 0 Å². The van der Waals surface area contributed by atoms with Crippen LogP contribution in [0.1, 0.15) is 32.6 Å². The highest BCUT2D eigenvalue weighted by Crippen LogP contribution is 2.19. The van der Waals surface area contributed by atoms with Crippen molar-refractivity contribution in [3.63, 3.8) is 0 Å². The Balaban J connectivity index is 2.01. The highest BCUT2D eigenvalue weighted by atomic mass is 35.5. The van der Waals surface area contributed by atoms with E-state index in [2.05, 4.69) is 29.3 Å². The number of unbranched alkanes of at least 4 members (excludes halogenated alkanes) is 1. The lowest BCUT2D eigenvalue weighted by Crippen LogP contribution is -2.32. The number of likely N-dealkylation sites (N-methyl/N-ethyl adjacent to an activating group) is 1. The van der Waals surface area contributed by atoms with Gasteiger partial charge in [-0.2, -0.15) is 5.10 Å². The van der Waals surface area contributed by atoms with Gasteiger partial charge < -0.3 is 10.2 Å². The van der Waals surface area contributed by atoms with E-state index in [-0.39, 0.29) is 10.6 Å². The van der Waals surface area contributed by atoms with E-state index in [1.54, 1.807) is 6.20 Å². The Bertz CT molecular complexity index is 502. The Hall–Kier alpha value is -1.07. The van der Waals surface area contributed by atoms with E-state index < -0.39 is 0 Å². The SMILES string of the molecule is CCCCn1ncc(NCC2CCCN2C)c(Cl)c1=O. The summed E-state index contributed by atoms with van der Waals surface area (Å²) in [5, 5.41) is 7.69. The van der Waals surface area contributed by atoms with Crippen molar-refractivity contribution in [1.29, 1.82) is 0 Å². The maximum atomic E-state index is 12.1. The second-order valence-electron chi connectivity index (χ2n) is 5.41. The molecule has 1 unspecified atom stereocenters. The normalized spacial score (nSPS) is 19.4. The molecule has 0 spiro atoms. The van der Waals surface area contributed by atoms with Crippen molar-refractivity contribution >= 4 is 17.3 Å². The van der Waals surface area contributed by atoms with E-state index >= 15 is 0 Å². The van der Waals surface area contributed by atoms with Crippen molar-refractivity contribution in [2.24, 2.45) is 0 Å². The highest BCUT2D eigenvalue weighted by molar-refractivity contribution is 6.32. The Labute approximate surface area is 124 Å². The molecule has 1 aromatic heterocycles. The summed E-state index contributed by atoms with van der Waals surface area (Å²) in [5.74, 6) is 0. The zero-order chi connectivity index (χ0) is 14.5. The van der Waals surface area contributed by atoms with Gasteiger partial charge in [-0.3, -0.25) is 4.79 Å². The fraction of sp³-hybridized carbons (Fsp3) is 0.714. The molecular formula is C14H23ClN4O. The lowest BCUT2D eigenvalue weighted by molar-refractivity contribution is 0.322. The van der Waals surface area contributed by atoms with Gasteiger partial charge in [0.2, 0.25) is 0 Å². The van der Waals surface area contributed by atoms with Crippen LogP contribution in [0.25, 0.3) is 0 Å². The third-order valence-electron chi connectivity index (χ3n) is 3.91. The number of rotatable bonds is 6. The van der Waals surface area contributed by atoms with Crippen molar-refractivity contribution < 1.29 is 0 Å². The molecule has 1 aliphatic heterocycles. The van der Waals surface area contributed by atoms with Gasteiger partial charge in [-0.05, 0) is 32.9 Å². The predicted molar refractivity (Wildman–Crippen MR) is 82.6 cm³/mol. The molecule has 112 valence electrons. The minimum atomic E-state index is -0.204.